The van der Waals surface area contributed by atoms with Gasteiger partial charge < -0.3 is 10.1 Å². The first-order valence-corrected chi connectivity index (χ1v) is 8.57. The maximum atomic E-state index is 5.65. The molecule has 1 N–H and O–H groups in total. The number of aryl methyl sites for hydroxylation is 1. The topological polar surface area (TPSA) is 21.3 Å². The van der Waals surface area contributed by atoms with Gasteiger partial charge in [-0.25, -0.2) is 0 Å². The summed E-state index contributed by atoms with van der Waals surface area (Å²) in [6.07, 6.45) is 6.79. The van der Waals surface area contributed by atoms with Crippen molar-refractivity contribution in [3.63, 3.8) is 0 Å². The minimum atomic E-state index is 0.434. The average Bonchev–Trinajstić information content (AvgIpc) is 2.53. The smallest absolute Gasteiger partial charge is 0.123 e. The van der Waals surface area contributed by atoms with E-state index in [0.717, 1.165) is 24.1 Å². The molecule has 0 amide bonds. The third kappa shape index (κ3) is 4.00. The van der Waals surface area contributed by atoms with Gasteiger partial charge in [0.2, 0.25) is 0 Å². The van der Waals surface area contributed by atoms with Crippen molar-refractivity contribution in [3.8, 4) is 5.75 Å². The van der Waals surface area contributed by atoms with Crippen LogP contribution in [0, 0.1) is 18.8 Å². The Morgan fingerprint density at radius 2 is 1.90 bits per heavy atom. The Balaban J connectivity index is 2.19. The molecule has 1 unspecified atom stereocenters. The minimum Gasteiger partial charge on any atom is -0.496 e. The van der Waals surface area contributed by atoms with Gasteiger partial charge in [-0.05, 0) is 49.8 Å². The summed E-state index contributed by atoms with van der Waals surface area (Å²) in [5.41, 5.74) is 2.60. The van der Waals surface area contributed by atoms with E-state index >= 15 is 0 Å². The molecule has 1 aliphatic rings. The molecule has 0 aromatic heterocycles. The van der Waals surface area contributed by atoms with Gasteiger partial charge in [0.05, 0.1) is 7.11 Å². The molecule has 0 spiro atoms. The molecule has 1 aromatic carbocycles. The number of hydrogen-bond acceptors (Lipinski definition) is 2. The highest BCUT2D eigenvalue weighted by Gasteiger charge is 2.29. The van der Waals surface area contributed by atoms with E-state index < -0.39 is 0 Å². The van der Waals surface area contributed by atoms with Gasteiger partial charge in [0, 0.05) is 11.6 Å². The van der Waals surface area contributed by atoms with Crippen molar-refractivity contribution in [3.05, 3.63) is 29.3 Å². The van der Waals surface area contributed by atoms with Gasteiger partial charge in [-0.3, -0.25) is 0 Å². The number of ether oxygens (including phenoxy) is 1. The molecule has 1 aromatic rings. The molecular weight excluding hydrogens is 258 g/mol. The van der Waals surface area contributed by atoms with E-state index in [9.17, 15) is 0 Å². The van der Waals surface area contributed by atoms with E-state index in [1.54, 1.807) is 7.11 Å². The predicted octanol–water partition coefficient (Wildman–Crippen LogP) is 4.87. The molecule has 2 heteroatoms. The summed E-state index contributed by atoms with van der Waals surface area (Å²) in [4.78, 5) is 0. The van der Waals surface area contributed by atoms with Crippen LogP contribution in [0.15, 0.2) is 18.2 Å². The molecule has 0 saturated heterocycles. The van der Waals surface area contributed by atoms with E-state index in [2.05, 4.69) is 44.3 Å². The molecule has 21 heavy (non-hydrogen) atoms. The van der Waals surface area contributed by atoms with E-state index in [-0.39, 0.29) is 0 Å². The van der Waals surface area contributed by atoms with Crippen molar-refractivity contribution in [2.45, 2.75) is 58.9 Å². The summed E-state index contributed by atoms with van der Waals surface area (Å²) in [7, 11) is 1.79. The molecule has 1 aliphatic carbocycles. The third-order valence-electron chi connectivity index (χ3n) is 5.09. The Hall–Kier alpha value is -1.02. The summed E-state index contributed by atoms with van der Waals surface area (Å²) >= 11 is 0. The summed E-state index contributed by atoms with van der Waals surface area (Å²) in [6.45, 7) is 7.66. The lowest BCUT2D eigenvalue weighted by atomic mass is 9.75. The first kappa shape index (κ1) is 16.4. The fourth-order valence-electron chi connectivity index (χ4n) is 3.76. The van der Waals surface area contributed by atoms with Crippen LogP contribution < -0.4 is 10.1 Å². The first-order valence-electron chi connectivity index (χ1n) is 8.57. The molecule has 0 aliphatic heterocycles. The Bertz CT molecular complexity index is 435. The number of methoxy groups -OCH3 is 1. The first-order chi connectivity index (χ1) is 10.2. The van der Waals surface area contributed by atoms with Crippen molar-refractivity contribution in [2.24, 2.45) is 11.8 Å². The van der Waals surface area contributed by atoms with Gasteiger partial charge in [-0.15, -0.1) is 0 Å². The summed E-state index contributed by atoms with van der Waals surface area (Å²) < 4.78 is 5.65. The van der Waals surface area contributed by atoms with Gasteiger partial charge in [0.25, 0.3) is 0 Å². The summed E-state index contributed by atoms with van der Waals surface area (Å²) in [5, 5.41) is 3.72. The number of rotatable bonds is 6. The predicted molar refractivity (Wildman–Crippen MR) is 89.9 cm³/mol. The summed E-state index contributed by atoms with van der Waals surface area (Å²) in [5.74, 6) is 2.73. The monoisotopic (exact) mass is 289 g/mol. The van der Waals surface area contributed by atoms with Crippen molar-refractivity contribution in [2.75, 3.05) is 13.7 Å². The lowest BCUT2D eigenvalue weighted by molar-refractivity contribution is 0.217. The fourth-order valence-corrected chi connectivity index (χ4v) is 3.76. The maximum absolute atomic E-state index is 5.65. The van der Waals surface area contributed by atoms with Crippen molar-refractivity contribution in [1.29, 1.82) is 0 Å². The number of benzene rings is 1. The molecule has 1 atom stereocenters. The molecule has 118 valence electrons. The van der Waals surface area contributed by atoms with Crippen LogP contribution in [0.4, 0.5) is 0 Å². The van der Waals surface area contributed by atoms with Crippen LogP contribution >= 0.6 is 0 Å². The van der Waals surface area contributed by atoms with Gasteiger partial charge in [-0.2, -0.15) is 0 Å². The van der Waals surface area contributed by atoms with E-state index in [4.69, 9.17) is 4.74 Å². The van der Waals surface area contributed by atoms with E-state index in [1.807, 2.05) is 0 Å². The molecule has 1 fully saturated rings. The zero-order valence-corrected chi connectivity index (χ0v) is 14.1. The molecule has 1 saturated carbocycles. The SMILES string of the molecule is CCNC(c1ccc(C)cc1OC)C1CCC(CC)CC1. The Labute approximate surface area is 130 Å². The molecular formula is C19H31NO. The molecule has 2 nitrogen and oxygen atoms in total. The second-order valence-electron chi connectivity index (χ2n) is 6.47. The lowest BCUT2D eigenvalue weighted by Crippen LogP contribution is -2.31. The van der Waals surface area contributed by atoms with Crippen molar-refractivity contribution in [1.82, 2.24) is 5.32 Å². The largest absolute Gasteiger partial charge is 0.496 e. The van der Waals surface area contributed by atoms with Gasteiger partial charge in [-0.1, -0.05) is 45.2 Å². The van der Waals surface area contributed by atoms with Gasteiger partial charge in [0.1, 0.15) is 5.75 Å². The summed E-state index contributed by atoms with van der Waals surface area (Å²) in [6, 6.07) is 7.06. The normalized spacial score (nSPS) is 23.8. The lowest BCUT2D eigenvalue weighted by Gasteiger charge is -2.35. The van der Waals surface area contributed by atoms with Crippen LogP contribution in [-0.4, -0.2) is 13.7 Å². The van der Waals surface area contributed by atoms with Crippen LogP contribution in [0.1, 0.15) is 63.1 Å². The van der Waals surface area contributed by atoms with Gasteiger partial charge in [0.15, 0.2) is 0 Å². The Kier molecular flexibility index (Phi) is 6.10. The van der Waals surface area contributed by atoms with Crippen LogP contribution in [0.2, 0.25) is 0 Å². The highest BCUT2D eigenvalue weighted by Crippen LogP contribution is 2.40. The van der Waals surface area contributed by atoms with E-state index in [1.165, 1.54) is 43.2 Å². The van der Waals surface area contributed by atoms with E-state index in [0.29, 0.717) is 6.04 Å². The third-order valence-corrected chi connectivity index (χ3v) is 5.09. The minimum absolute atomic E-state index is 0.434. The highest BCUT2D eigenvalue weighted by atomic mass is 16.5. The van der Waals surface area contributed by atoms with Crippen LogP contribution in [0.3, 0.4) is 0 Å². The Morgan fingerprint density at radius 3 is 2.48 bits per heavy atom. The standard InChI is InChI=1S/C19H31NO/c1-5-15-8-10-16(11-9-15)19(20-6-2)17-12-7-14(3)13-18(17)21-4/h7,12-13,15-16,19-20H,5-6,8-11H2,1-4H3. The molecule has 0 heterocycles. The highest BCUT2D eigenvalue weighted by molar-refractivity contribution is 5.39. The molecule has 2 rings (SSSR count). The maximum Gasteiger partial charge on any atom is 0.123 e. The quantitative estimate of drug-likeness (QED) is 0.806. The average molecular weight is 289 g/mol. The molecule has 0 bridgehead atoms. The Morgan fingerprint density at radius 1 is 1.19 bits per heavy atom. The zero-order chi connectivity index (χ0) is 15.2. The van der Waals surface area contributed by atoms with Crippen molar-refractivity contribution < 1.29 is 4.74 Å². The second kappa shape index (κ2) is 7.84. The van der Waals surface area contributed by atoms with Crippen LogP contribution in [-0.2, 0) is 0 Å². The second-order valence-corrected chi connectivity index (χ2v) is 6.47. The van der Waals surface area contributed by atoms with Gasteiger partial charge >= 0.3 is 0 Å². The van der Waals surface area contributed by atoms with Crippen LogP contribution in [0.25, 0.3) is 0 Å². The van der Waals surface area contributed by atoms with Crippen LogP contribution in [0.5, 0.6) is 5.75 Å². The number of hydrogen-bond donors (Lipinski definition) is 1. The van der Waals surface area contributed by atoms with Crippen molar-refractivity contribution >= 4 is 0 Å². The molecule has 0 radical (unpaired) electrons. The fraction of sp³-hybridized carbons (Fsp3) is 0.684. The number of nitrogens with one attached hydrogen (secondary N) is 1. The zero-order valence-electron chi connectivity index (χ0n) is 14.1.